The van der Waals surface area contributed by atoms with Crippen LogP contribution in [0.15, 0.2) is 76.8 Å². The van der Waals surface area contributed by atoms with E-state index in [-0.39, 0.29) is 10.7 Å². The Hall–Kier alpha value is -3.29. The monoisotopic (exact) mass is 520 g/mol. The lowest BCUT2D eigenvalue weighted by Crippen LogP contribution is -2.54. The Labute approximate surface area is 206 Å². The maximum Gasteiger partial charge on any atom is 0.270 e. The van der Waals surface area contributed by atoms with Crippen LogP contribution in [0.4, 0.5) is 5.69 Å². The van der Waals surface area contributed by atoms with Crippen LogP contribution in [0.1, 0.15) is 22.3 Å². The van der Waals surface area contributed by atoms with Gasteiger partial charge in [0.05, 0.1) is 5.69 Å². The van der Waals surface area contributed by atoms with Crippen molar-refractivity contribution < 1.29 is 14.3 Å². The Morgan fingerprint density at radius 1 is 1.00 bits per heavy atom. The molecule has 1 aliphatic heterocycles. The number of nitrogens with one attached hydrogen (secondary N) is 1. The number of amides is 2. The number of carbonyl (C=O) groups excluding carboxylic acids is 2. The maximum absolute atomic E-state index is 13.3. The van der Waals surface area contributed by atoms with E-state index in [1.54, 1.807) is 24.3 Å². The van der Waals surface area contributed by atoms with Gasteiger partial charge in [-0.1, -0.05) is 52.3 Å². The molecule has 0 atom stereocenters. The lowest BCUT2D eigenvalue weighted by Gasteiger charge is -2.29. The maximum atomic E-state index is 13.3. The zero-order valence-corrected chi connectivity index (χ0v) is 20.5. The summed E-state index contributed by atoms with van der Waals surface area (Å²) in [5, 5.41) is 2.66. The first-order valence-corrected chi connectivity index (χ1v) is 11.5. The molecule has 1 heterocycles. The van der Waals surface area contributed by atoms with Crippen molar-refractivity contribution in [1.82, 2.24) is 5.32 Å². The lowest BCUT2D eigenvalue weighted by atomic mass is 10.1. The molecule has 0 aliphatic carbocycles. The molecule has 1 aliphatic rings. The van der Waals surface area contributed by atoms with Crippen molar-refractivity contribution >= 4 is 56.8 Å². The number of carbonyl (C=O) groups is 2. The number of nitrogens with zero attached hydrogens (tertiary/aromatic N) is 1. The van der Waals surface area contributed by atoms with Gasteiger partial charge >= 0.3 is 0 Å². The summed E-state index contributed by atoms with van der Waals surface area (Å²) >= 11 is 8.72. The molecule has 3 aromatic rings. The second-order valence-electron chi connectivity index (χ2n) is 7.68. The van der Waals surface area contributed by atoms with Crippen molar-refractivity contribution in [2.24, 2.45) is 0 Å². The molecular formula is C26H21BrN2O3S. The number of halogens is 1. The first kappa shape index (κ1) is 22.9. The molecule has 33 heavy (non-hydrogen) atoms. The van der Waals surface area contributed by atoms with E-state index < -0.39 is 11.8 Å². The van der Waals surface area contributed by atoms with Gasteiger partial charge in [0.15, 0.2) is 5.11 Å². The Morgan fingerprint density at radius 3 is 2.48 bits per heavy atom. The molecular weight excluding hydrogens is 500 g/mol. The van der Waals surface area contributed by atoms with Crippen LogP contribution < -0.4 is 15.0 Å². The third-order valence-electron chi connectivity index (χ3n) is 5.35. The average Bonchev–Trinajstić information content (AvgIpc) is 2.79. The fourth-order valence-electron chi connectivity index (χ4n) is 3.44. The summed E-state index contributed by atoms with van der Waals surface area (Å²) in [6, 6.07) is 20.6. The van der Waals surface area contributed by atoms with Crippen molar-refractivity contribution in [3.63, 3.8) is 0 Å². The predicted octanol–water partition coefficient (Wildman–Crippen LogP) is 5.48. The van der Waals surface area contributed by atoms with Gasteiger partial charge in [0.25, 0.3) is 11.8 Å². The second-order valence-corrected chi connectivity index (χ2v) is 8.99. The standard InChI is InChI=1S/C26H21BrN2O3S/c1-16-8-9-18(12-17(16)2)15-32-23-11-10-20(27)13-19(23)14-22-24(30)28-26(33)29(25(22)31)21-6-4-3-5-7-21/h3-14H,15H2,1-2H3,(H,28,30,33)/b22-14-. The molecule has 0 unspecified atom stereocenters. The van der Waals surface area contributed by atoms with Crippen molar-refractivity contribution in [3.05, 3.63) is 99.0 Å². The normalized spacial score (nSPS) is 15.1. The van der Waals surface area contributed by atoms with Crippen LogP contribution >= 0.6 is 28.1 Å². The summed E-state index contributed by atoms with van der Waals surface area (Å²) in [6.45, 7) is 4.49. The Bertz CT molecular complexity index is 1290. The highest BCUT2D eigenvalue weighted by molar-refractivity contribution is 9.10. The third-order valence-corrected chi connectivity index (χ3v) is 6.13. The number of thiocarbonyl (C=S) groups is 1. The summed E-state index contributed by atoms with van der Waals surface area (Å²) in [4.78, 5) is 27.2. The number of hydrogen-bond acceptors (Lipinski definition) is 4. The van der Waals surface area contributed by atoms with Crippen LogP contribution in [0.3, 0.4) is 0 Å². The van der Waals surface area contributed by atoms with Crippen molar-refractivity contribution in [3.8, 4) is 5.75 Å². The largest absolute Gasteiger partial charge is 0.488 e. The molecule has 0 bridgehead atoms. The molecule has 1 saturated heterocycles. The fraction of sp³-hybridized carbons (Fsp3) is 0.115. The SMILES string of the molecule is Cc1ccc(COc2ccc(Br)cc2/C=C2/C(=O)NC(=S)N(c3ccccc3)C2=O)cc1C. The van der Waals surface area contributed by atoms with Crippen molar-refractivity contribution in [2.75, 3.05) is 4.90 Å². The number of ether oxygens (including phenoxy) is 1. The molecule has 0 radical (unpaired) electrons. The second kappa shape index (κ2) is 9.68. The summed E-state index contributed by atoms with van der Waals surface area (Å²) in [6.07, 6.45) is 1.54. The van der Waals surface area contributed by atoms with Gasteiger partial charge in [-0.25, -0.2) is 0 Å². The van der Waals surface area contributed by atoms with E-state index in [2.05, 4.69) is 47.2 Å². The van der Waals surface area contributed by atoms with Gasteiger partial charge in [0.1, 0.15) is 17.9 Å². The van der Waals surface area contributed by atoms with Gasteiger partial charge in [-0.05, 0) is 79.2 Å². The average molecular weight is 521 g/mol. The van der Waals surface area contributed by atoms with Gasteiger partial charge in [0.2, 0.25) is 0 Å². The van der Waals surface area contributed by atoms with Crippen molar-refractivity contribution in [2.45, 2.75) is 20.5 Å². The number of anilines is 1. The Kier molecular flexibility index (Phi) is 6.72. The van der Waals surface area contributed by atoms with Crippen LogP contribution in [0, 0.1) is 13.8 Å². The predicted molar refractivity (Wildman–Crippen MR) is 137 cm³/mol. The summed E-state index contributed by atoms with van der Waals surface area (Å²) in [5.74, 6) is -0.476. The first-order chi connectivity index (χ1) is 15.8. The van der Waals surface area contributed by atoms with Crippen LogP contribution in [-0.4, -0.2) is 16.9 Å². The summed E-state index contributed by atoms with van der Waals surface area (Å²) < 4.78 is 6.87. The minimum absolute atomic E-state index is 0.0263. The minimum atomic E-state index is -0.544. The minimum Gasteiger partial charge on any atom is -0.488 e. The number of aryl methyl sites for hydroxylation is 2. The number of hydrogen-bond donors (Lipinski definition) is 1. The molecule has 7 heteroatoms. The topological polar surface area (TPSA) is 58.6 Å². The van der Waals surface area contributed by atoms with Gasteiger partial charge in [-0.3, -0.25) is 19.8 Å². The van der Waals surface area contributed by atoms with Crippen molar-refractivity contribution in [1.29, 1.82) is 0 Å². The quantitative estimate of drug-likeness (QED) is 0.275. The Morgan fingerprint density at radius 2 is 1.76 bits per heavy atom. The molecule has 3 aromatic carbocycles. The third kappa shape index (κ3) is 5.05. The summed E-state index contributed by atoms with van der Waals surface area (Å²) in [7, 11) is 0. The van der Waals surface area contributed by atoms with E-state index in [4.69, 9.17) is 17.0 Å². The molecule has 0 saturated carbocycles. The van der Waals surface area contributed by atoms with E-state index in [0.717, 1.165) is 10.0 Å². The first-order valence-electron chi connectivity index (χ1n) is 10.3. The molecule has 2 amide bonds. The van der Waals surface area contributed by atoms with Crippen LogP contribution in [-0.2, 0) is 16.2 Å². The van der Waals surface area contributed by atoms with E-state index >= 15 is 0 Å². The van der Waals surface area contributed by atoms with E-state index in [9.17, 15) is 9.59 Å². The number of rotatable bonds is 5. The van der Waals surface area contributed by atoms with E-state index in [1.807, 2.05) is 30.3 Å². The van der Waals surface area contributed by atoms with Crippen LogP contribution in [0.5, 0.6) is 5.75 Å². The highest BCUT2D eigenvalue weighted by Crippen LogP contribution is 2.29. The molecule has 4 rings (SSSR count). The van der Waals surface area contributed by atoms with Gasteiger partial charge < -0.3 is 4.74 Å². The fourth-order valence-corrected chi connectivity index (χ4v) is 4.10. The molecule has 1 N–H and O–H groups in total. The smallest absolute Gasteiger partial charge is 0.270 e. The zero-order chi connectivity index (χ0) is 23.5. The molecule has 5 nitrogen and oxygen atoms in total. The van der Waals surface area contributed by atoms with E-state index in [0.29, 0.717) is 23.6 Å². The molecule has 1 fully saturated rings. The lowest BCUT2D eigenvalue weighted by molar-refractivity contribution is -0.122. The highest BCUT2D eigenvalue weighted by Gasteiger charge is 2.34. The number of para-hydroxylation sites is 1. The highest BCUT2D eigenvalue weighted by atomic mass is 79.9. The summed E-state index contributed by atoms with van der Waals surface area (Å²) in [5.41, 5.74) is 4.60. The zero-order valence-electron chi connectivity index (χ0n) is 18.1. The van der Waals surface area contributed by atoms with Gasteiger partial charge in [0, 0.05) is 10.0 Å². The van der Waals surface area contributed by atoms with Gasteiger partial charge in [-0.2, -0.15) is 0 Å². The van der Waals surface area contributed by atoms with Crippen LogP contribution in [0.25, 0.3) is 6.08 Å². The van der Waals surface area contributed by atoms with Crippen LogP contribution in [0.2, 0.25) is 0 Å². The molecule has 0 aromatic heterocycles. The molecule has 166 valence electrons. The Balaban J connectivity index is 1.66. The van der Waals surface area contributed by atoms with Gasteiger partial charge in [-0.15, -0.1) is 0 Å². The number of benzene rings is 3. The van der Waals surface area contributed by atoms with E-state index in [1.165, 1.54) is 22.1 Å². The molecule has 0 spiro atoms.